The van der Waals surface area contributed by atoms with Gasteiger partial charge in [0.15, 0.2) is 11.7 Å². The zero-order valence-electron chi connectivity index (χ0n) is 13.3. The standard InChI is InChI=1S/C15H22N4OS.HI/c1-10(2)14-7-12(20-19-14)8-17-15(16-4)18-9-13-6-5-11(3)21-13;/h5-7,10H,8-9H2,1-4H3,(H2,16,17,18);1H. The fourth-order valence-corrected chi connectivity index (χ4v) is 2.66. The molecule has 0 unspecified atom stereocenters. The van der Waals surface area contributed by atoms with E-state index in [-0.39, 0.29) is 24.0 Å². The molecule has 122 valence electrons. The van der Waals surface area contributed by atoms with E-state index in [1.54, 1.807) is 18.4 Å². The topological polar surface area (TPSA) is 62.5 Å². The van der Waals surface area contributed by atoms with Crippen LogP contribution in [0, 0.1) is 6.92 Å². The maximum Gasteiger partial charge on any atom is 0.191 e. The van der Waals surface area contributed by atoms with Crippen molar-refractivity contribution >= 4 is 41.3 Å². The van der Waals surface area contributed by atoms with Crippen molar-refractivity contribution < 1.29 is 4.52 Å². The van der Waals surface area contributed by atoms with Crippen molar-refractivity contribution in [1.82, 2.24) is 15.8 Å². The number of hydrogen-bond acceptors (Lipinski definition) is 4. The maximum atomic E-state index is 5.29. The highest BCUT2D eigenvalue weighted by molar-refractivity contribution is 14.0. The van der Waals surface area contributed by atoms with Crippen LogP contribution < -0.4 is 10.6 Å². The molecule has 0 bridgehead atoms. The largest absolute Gasteiger partial charge is 0.359 e. The first-order valence-electron chi connectivity index (χ1n) is 7.03. The van der Waals surface area contributed by atoms with Crippen molar-refractivity contribution in [3.63, 3.8) is 0 Å². The van der Waals surface area contributed by atoms with Crippen LogP contribution >= 0.6 is 35.3 Å². The zero-order chi connectivity index (χ0) is 15.2. The summed E-state index contributed by atoms with van der Waals surface area (Å²) in [6.45, 7) is 7.64. The van der Waals surface area contributed by atoms with Gasteiger partial charge in [0.1, 0.15) is 0 Å². The number of thiophene rings is 1. The number of nitrogens with one attached hydrogen (secondary N) is 2. The van der Waals surface area contributed by atoms with E-state index in [0.29, 0.717) is 12.5 Å². The highest BCUT2D eigenvalue weighted by Gasteiger charge is 2.08. The van der Waals surface area contributed by atoms with Crippen LogP contribution in [0.2, 0.25) is 0 Å². The van der Waals surface area contributed by atoms with Gasteiger partial charge in [-0.3, -0.25) is 4.99 Å². The average molecular weight is 434 g/mol. The molecule has 5 nitrogen and oxygen atoms in total. The summed E-state index contributed by atoms with van der Waals surface area (Å²) in [7, 11) is 1.76. The number of aryl methyl sites for hydroxylation is 1. The Hall–Kier alpha value is -1.09. The van der Waals surface area contributed by atoms with Gasteiger partial charge in [-0.25, -0.2) is 0 Å². The number of hydrogen-bond donors (Lipinski definition) is 2. The Balaban J connectivity index is 0.00000242. The highest BCUT2D eigenvalue weighted by atomic mass is 127. The first-order chi connectivity index (χ1) is 10.1. The van der Waals surface area contributed by atoms with Gasteiger partial charge in [0.05, 0.1) is 18.8 Å². The van der Waals surface area contributed by atoms with Crippen molar-refractivity contribution in [2.75, 3.05) is 7.05 Å². The molecule has 0 aliphatic heterocycles. The first-order valence-corrected chi connectivity index (χ1v) is 7.85. The molecule has 0 saturated heterocycles. The third-order valence-corrected chi connectivity index (χ3v) is 4.05. The van der Waals surface area contributed by atoms with E-state index in [1.807, 2.05) is 6.07 Å². The van der Waals surface area contributed by atoms with Gasteiger partial charge in [-0.15, -0.1) is 35.3 Å². The van der Waals surface area contributed by atoms with Crippen LogP contribution in [0.5, 0.6) is 0 Å². The van der Waals surface area contributed by atoms with Crippen molar-refractivity contribution in [1.29, 1.82) is 0 Å². The summed E-state index contributed by atoms with van der Waals surface area (Å²) in [6.07, 6.45) is 0. The Morgan fingerprint density at radius 3 is 2.59 bits per heavy atom. The van der Waals surface area contributed by atoms with Crippen LogP contribution in [0.3, 0.4) is 0 Å². The second-order valence-electron chi connectivity index (χ2n) is 5.16. The van der Waals surface area contributed by atoms with Crippen LogP contribution in [0.4, 0.5) is 0 Å². The highest BCUT2D eigenvalue weighted by Crippen LogP contribution is 2.15. The van der Waals surface area contributed by atoms with Crippen molar-refractivity contribution in [3.05, 3.63) is 39.4 Å². The Labute approximate surface area is 152 Å². The van der Waals surface area contributed by atoms with Crippen LogP contribution in [0.1, 0.15) is 41.0 Å². The lowest BCUT2D eigenvalue weighted by Gasteiger charge is -2.09. The van der Waals surface area contributed by atoms with Gasteiger partial charge in [-0.2, -0.15) is 0 Å². The minimum absolute atomic E-state index is 0. The van der Waals surface area contributed by atoms with E-state index in [2.05, 4.69) is 53.7 Å². The lowest BCUT2D eigenvalue weighted by atomic mass is 10.1. The second kappa shape index (κ2) is 9.14. The van der Waals surface area contributed by atoms with Crippen molar-refractivity contribution in [3.8, 4) is 0 Å². The van der Waals surface area contributed by atoms with Gasteiger partial charge in [0.25, 0.3) is 0 Å². The molecular weight excluding hydrogens is 411 g/mol. The minimum Gasteiger partial charge on any atom is -0.359 e. The summed E-state index contributed by atoms with van der Waals surface area (Å²) in [6, 6.07) is 6.24. The summed E-state index contributed by atoms with van der Waals surface area (Å²) >= 11 is 1.79. The molecule has 22 heavy (non-hydrogen) atoms. The van der Waals surface area contributed by atoms with Crippen LogP contribution in [0.15, 0.2) is 27.7 Å². The molecule has 0 fully saturated rings. The van der Waals surface area contributed by atoms with Crippen LogP contribution in [-0.2, 0) is 13.1 Å². The summed E-state index contributed by atoms with van der Waals surface area (Å²) < 4.78 is 5.29. The minimum atomic E-state index is 0. The van der Waals surface area contributed by atoms with Gasteiger partial charge in [0.2, 0.25) is 0 Å². The number of aromatic nitrogens is 1. The number of halogens is 1. The van der Waals surface area contributed by atoms with E-state index < -0.39 is 0 Å². The van der Waals surface area contributed by atoms with E-state index in [0.717, 1.165) is 24.0 Å². The number of rotatable bonds is 5. The number of nitrogens with zero attached hydrogens (tertiary/aromatic N) is 2. The molecule has 2 N–H and O–H groups in total. The van der Waals surface area contributed by atoms with E-state index in [1.165, 1.54) is 9.75 Å². The molecular formula is C15H23IN4OS. The lowest BCUT2D eigenvalue weighted by molar-refractivity contribution is 0.372. The molecule has 0 radical (unpaired) electrons. The maximum absolute atomic E-state index is 5.29. The molecule has 2 rings (SSSR count). The summed E-state index contributed by atoms with van der Waals surface area (Å²) in [5.74, 6) is 1.94. The molecule has 0 aliphatic rings. The predicted octanol–water partition coefficient (Wildman–Crippen LogP) is 3.65. The molecule has 7 heteroatoms. The third-order valence-electron chi connectivity index (χ3n) is 3.05. The Morgan fingerprint density at radius 2 is 2.05 bits per heavy atom. The SMILES string of the molecule is CN=C(NCc1cc(C(C)C)no1)NCc1ccc(C)s1.I. The van der Waals surface area contributed by atoms with E-state index >= 15 is 0 Å². The molecule has 0 atom stereocenters. The monoisotopic (exact) mass is 434 g/mol. The first kappa shape index (κ1) is 19.0. The summed E-state index contributed by atoms with van der Waals surface area (Å²) in [4.78, 5) is 6.81. The van der Waals surface area contributed by atoms with Gasteiger partial charge < -0.3 is 15.2 Å². The van der Waals surface area contributed by atoms with E-state index in [9.17, 15) is 0 Å². The molecule has 0 aliphatic carbocycles. The normalized spacial score (nSPS) is 11.4. The second-order valence-corrected chi connectivity index (χ2v) is 6.54. The van der Waals surface area contributed by atoms with Gasteiger partial charge in [0, 0.05) is 22.9 Å². The Kier molecular flexibility index (Phi) is 7.88. The fourth-order valence-electron chi connectivity index (χ4n) is 1.83. The number of aliphatic imine (C=N–C) groups is 1. The smallest absolute Gasteiger partial charge is 0.191 e. The fraction of sp³-hybridized carbons (Fsp3) is 0.467. The van der Waals surface area contributed by atoms with Crippen molar-refractivity contribution in [2.45, 2.75) is 39.8 Å². The molecule has 2 aromatic heterocycles. The summed E-state index contributed by atoms with van der Waals surface area (Å²) in [5.41, 5.74) is 0.976. The average Bonchev–Trinajstić information content (AvgIpc) is 3.08. The molecule has 0 spiro atoms. The third kappa shape index (κ3) is 5.60. The zero-order valence-corrected chi connectivity index (χ0v) is 16.5. The molecule has 0 amide bonds. The quantitative estimate of drug-likeness (QED) is 0.429. The number of guanidine groups is 1. The van der Waals surface area contributed by atoms with Crippen molar-refractivity contribution in [2.24, 2.45) is 4.99 Å². The van der Waals surface area contributed by atoms with Gasteiger partial charge in [-0.1, -0.05) is 19.0 Å². The van der Waals surface area contributed by atoms with E-state index in [4.69, 9.17) is 4.52 Å². The molecule has 0 saturated carbocycles. The molecule has 2 aromatic rings. The van der Waals surface area contributed by atoms with Gasteiger partial charge in [-0.05, 0) is 25.0 Å². The molecule has 0 aromatic carbocycles. The predicted molar refractivity (Wildman–Crippen MR) is 102 cm³/mol. The lowest BCUT2D eigenvalue weighted by Crippen LogP contribution is -2.36. The molecule has 2 heterocycles. The Morgan fingerprint density at radius 1 is 1.32 bits per heavy atom. The summed E-state index contributed by atoms with van der Waals surface area (Å²) in [5, 5.41) is 10.6. The van der Waals surface area contributed by atoms with Crippen LogP contribution in [-0.4, -0.2) is 18.2 Å². The Bertz CT molecular complexity index is 606. The van der Waals surface area contributed by atoms with Gasteiger partial charge >= 0.3 is 0 Å². The van der Waals surface area contributed by atoms with Crippen LogP contribution in [0.25, 0.3) is 0 Å².